The molecule has 5 heteroatoms. The molecule has 0 bridgehead atoms. The highest BCUT2D eigenvalue weighted by Gasteiger charge is 2.33. The van der Waals surface area contributed by atoms with Crippen molar-refractivity contribution in [1.82, 2.24) is 20.2 Å². The van der Waals surface area contributed by atoms with Gasteiger partial charge in [0.1, 0.15) is 12.1 Å². The predicted octanol–water partition coefficient (Wildman–Crippen LogP) is 0.509. The van der Waals surface area contributed by atoms with E-state index < -0.39 is 0 Å². The number of aromatic nitrogens is 2. The molecule has 0 aliphatic carbocycles. The Balaban J connectivity index is 1.87. The standard InChI is InChI=1S/C14H23N5/c1-10-7-19(8-13(10)18(2)3)14-11-6-15-5-4-12(11)16-9-17-14/h9-10,13,15H,4-8H2,1-3H3. The minimum Gasteiger partial charge on any atom is -0.354 e. The van der Waals surface area contributed by atoms with Gasteiger partial charge in [0.25, 0.3) is 0 Å². The average molecular weight is 261 g/mol. The summed E-state index contributed by atoms with van der Waals surface area (Å²) in [4.78, 5) is 13.8. The maximum Gasteiger partial charge on any atom is 0.136 e. The number of hydrogen-bond donors (Lipinski definition) is 1. The van der Waals surface area contributed by atoms with E-state index >= 15 is 0 Å². The molecule has 0 radical (unpaired) electrons. The van der Waals surface area contributed by atoms with E-state index in [0.717, 1.165) is 38.4 Å². The lowest BCUT2D eigenvalue weighted by Gasteiger charge is -2.25. The third kappa shape index (κ3) is 2.32. The number of anilines is 1. The number of nitrogens with one attached hydrogen (secondary N) is 1. The Bertz CT molecular complexity index is 459. The van der Waals surface area contributed by atoms with Crippen molar-refractivity contribution in [3.05, 3.63) is 17.6 Å². The van der Waals surface area contributed by atoms with Crippen LogP contribution in [-0.4, -0.2) is 54.6 Å². The molecule has 1 aromatic heterocycles. The van der Waals surface area contributed by atoms with Gasteiger partial charge in [0.2, 0.25) is 0 Å². The van der Waals surface area contributed by atoms with Crippen molar-refractivity contribution in [3.63, 3.8) is 0 Å². The maximum absolute atomic E-state index is 4.56. The Morgan fingerprint density at radius 2 is 2.16 bits per heavy atom. The monoisotopic (exact) mass is 261 g/mol. The van der Waals surface area contributed by atoms with Gasteiger partial charge < -0.3 is 15.1 Å². The van der Waals surface area contributed by atoms with Gasteiger partial charge in [-0.05, 0) is 20.0 Å². The summed E-state index contributed by atoms with van der Waals surface area (Å²) in [7, 11) is 4.34. The van der Waals surface area contributed by atoms with Gasteiger partial charge in [-0.2, -0.15) is 0 Å². The number of nitrogens with zero attached hydrogens (tertiary/aromatic N) is 4. The second-order valence-electron chi connectivity index (χ2n) is 5.96. The zero-order chi connectivity index (χ0) is 13.4. The zero-order valence-corrected chi connectivity index (χ0v) is 12.1. The minimum atomic E-state index is 0.613. The van der Waals surface area contributed by atoms with Gasteiger partial charge in [-0.25, -0.2) is 9.97 Å². The van der Waals surface area contributed by atoms with Crippen LogP contribution in [0.3, 0.4) is 0 Å². The van der Waals surface area contributed by atoms with Crippen molar-refractivity contribution >= 4 is 5.82 Å². The number of rotatable bonds is 2. The summed E-state index contributed by atoms with van der Waals surface area (Å²) in [5.74, 6) is 1.82. The van der Waals surface area contributed by atoms with Crippen LogP contribution < -0.4 is 10.2 Å². The van der Waals surface area contributed by atoms with Crippen LogP contribution >= 0.6 is 0 Å². The molecule has 1 fully saturated rings. The van der Waals surface area contributed by atoms with Crippen molar-refractivity contribution in [2.75, 3.05) is 38.6 Å². The number of fused-ring (bicyclic) bond motifs is 1. The summed E-state index contributed by atoms with van der Waals surface area (Å²) in [6.45, 7) is 6.42. The lowest BCUT2D eigenvalue weighted by molar-refractivity contribution is 0.266. The molecule has 3 rings (SSSR count). The molecular formula is C14H23N5. The van der Waals surface area contributed by atoms with E-state index in [1.807, 2.05) is 0 Å². The highest BCUT2D eigenvalue weighted by Crippen LogP contribution is 2.29. The van der Waals surface area contributed by atoms with E-state index in [2.05, 4.69) is 46.1 Å². The Labute approximate surface area is 115 Å². The summed E-state index contributed by atoms with van der Waals surface area (Å²) >= 11 is 0. The fourth-order valence-corrected chi connectivity index (χ4v) is 3.32. The molecule has 2 aliphatic rings. The molecule has 1 saturated heterocycles. The van der Waals surface area contributed by atoms with Crippen molar-refractivity contribution < 1.29 is 0 Å². The van der Waals surface area contributed by atoms with Crippen LogP contribution in [0.5, 0.6) is 0 Å². The van der Waals surface area contributed by atoms with E-state index in [-0.39, 0.29) is 0 Å². The molecule has 0 amide bonds. The Hall–Kier alpha value is -1.20. The molecule has 0 saturated carbocycles. The van der Waals surface area contributed by atoms with E-state index in [9.17, 15) is 0 Å². The van der Waals surface area contributed by atoms with Gasteiger partial charge >= 0.3 is 0 Å². The fraction of sp³-hybridized carbons (Fsp3) is 0.714. The molecule has 0 aromatic carbocycles. The average Bonchev–Trinajstić information content (AvgIpc) is 2.80. The first-order valence-electron chi connectivity index (χ1n) is 7.11. The summed E-state index contributed by atoms with van der Waals surface area (Å²) in [6.07, 6.45) is 2.75. The van der Waals surface area contributed by atoms with E-state index in [1.54, 1.807) is 6.33 Å². The third-order valence-corrected chi connectivity index (χ3v) is 4.39. The highest BCUT2D eigenvalue weighted by molar-refractivity contribution is 5.50. The number of hydrogen-bond acceptors (Lipinski definition) is 5. The largest absolute Gasteiger partial charge is 0.354 e. The van der Waals surface area contributed by atoms with Crippen LogP contribution in [0, 0.1) is 5.92 Å². The van der Waals surface area contributed by atoms with Crippen LogP contribution in [0.15, 0.2) is 6.33 Å². The predicted molar refractivity (Wildman–Crippen MR) is 76.3 cm³/mol. The summed E-state index contributed by atoms with van der Waals surface area (Å²) in [5.41, 5.74) is 2.53. The Morgan fingerprint density at radius 1 is 1.32 bits per heavy atom. The quantitative estimate of drug-likeness (QED) is 0.840. The summed E-state index contributed by atoms with van der Waals surface area (Å²) in [6, 6.07) is 0.613. The molecule has 5 nitrogen and oxygen atoms in total. The summed E-state index contributed by atoms with van der Waals surface area (Å²) < 4.78 is 0. The first-order chi connectivity index (χ1) is 9.16. The van der Waals surface area contributed by atoms with Crippen LogP contribution in [0.1, 0.15) is 18.2 Å². The van der Waals surface area contributed by atoms with Gasteiger partial charge in [0.15, 0.2) is 0 Å². The smallest absolute Gasteiger partial charge is 0.136 e. The van der Waals surface area contributed by atoms with Crippen molar-refractivity contribution in [3.8, 4) is 0 Å². The molecule has 0 spiro atoms. The van der Waals surface area contributed by atoms with Crippen LogP contribution in [0.25, 0.3) is 0 Å². The van der Waals surface area contributed by atoms with E-state index in [0.29, 0.717) is 12.0 Å². The van der Waals surface area contributed by atoms with Gasteiger partial charge in [0, 0.05) is 44.2 Å². The molecule has 2 unspecified atom stereocenters. The third-order valence-electron chi connectivity index (χ3n) is 4.39. The Morgan fingerprint density at radius 3 is 2.89 bits per heavy atom. The normalized spacial score (nSPS) is 26.8. The lowest BCUT2D eigenvalue weighted by Crippen LogP contribution is -2.35. The van der Waals surface area contributed by atoms with Crippen LogP contribution in [0.4, 0.5) is 5.82 Å². The van der Waals surface area contributed by atoms with Crippen molar-refractivity contribution in [2.45, 2.75) is 25.9 Å². The van der Waals surface area contributed by atoms with Gasteiger partial charge in [-0.3, -0.25) is 0 Å². The first kappa shape index (κ1) is 12.8. The second-order valence-corrected chi connectivity index (χ2v) is 5.96. The second kappa shape index (κ2) is 5.06. The highest BCUT2D eigenvalue weighted by atomic mass is 15.3. The van der Waals surface area contributed by atoms with Gasteiger partial charge in [0.05, 0.1) is 5.69 Å². The van der Waals surface area contributed by atoms with Crippen LogP contribution in [-0.2, 0) is 13.0 Å². The zero-order valence-electron chi connectivity index (χ0n) is 12.1. The molecule has 3 heterocycles. The molecule has 19 heavy (non-hydrogen) atoms. The molecule has 1 N–H and O–H groups in total. The number of likely N-dealkylation sites (N-methyl/N-ethyl adjacent to an activating group) is 1. The topological polar surface area (TPSA) is 44.3 Å². The van der Waals surface area contributed by atoms with Gasteiger partial charge in [-0.15, -0.1) is 0 Å². The molecule has 2 atom stereocenters. The minimum absolute atomic E-state index is 0.613. The molecular weight excluding hydrogens is 238 g/mol. The first-order valence-corrected chi connectivity index (χ1v) is 7.11. The maximum atomic E-state index is 4.56. The molecule has 2 aliphatic heterocycles. The molecule has 104 valence electrons. The van der Waals surface area contributed by atoms with Crippen LogP contribution in [0.2, 0.25) is 0 Å². The Kier molecular flexibility index (Phi) is 3.41. The lowest BCUT2D eigenvalue weighted by atomic mass is 10.1. The fourth-order valence-electron chi connectivity index (χ4n) is 3.32. The van der Waals surface area contributed by atoms with Crippen molar-refractivity contribution in [1.29, 1.82) is 0 Å². The summed E-state index contributed by atoms with van der Waals surface area (Å²) in [5, 5.41) is 3.43. The molecule has 1 aromatic rings. The SMILES string of the molecule is CC1CN(c2ncnc3c2CNCC3)CC1N(C)C. The van der Waals surface area contributed by atoms with Gasteiger partial charge in [-0.1, -0.05) is 6.92 Å². The van der Waals surface area contributed by atoms with E-state index in [4.69, 9.17) is 0 Å². The van der Waals surface area contributed by atoms with E-state index in [1.165, 1.54) is 11.3 Å². The van der Waals surface area contributed by atoms with Crippen molar-refractivity contribution in [2.24, 2.45) is 5.92 Å².